The number of hydrogen-bond acceptors (Lipinski definition) is 5. The van der Waals surface area contributed by atoms with Gasteiger partial charge in [0.1, 0.15) is 11.4 Å². The van der Waals surface area contributed by atoms with Gasteiger partial charge in [0.25, 0.3) is 0 Å². The summed E-state index contributed by atoms with van der Waals surface area (Å²) in [6.07, 6.45) is 8.97. The largest absolute Gasteiger partial charge is 0.348 e. The van der Waals surface area contributed by atoms with Gasteiger partial charge in [0.05, 0.1) is 41.6 Å². The number of carbonyl (C=O) groups excluding carboxylic acids is 1. The van der Waals surface area contributed by atoms with Crippen LogP contribution < -0.4 is 10.2 Å². The molecule has 2 amide bonds. The summed E-state index contributed by atoms with van der Waals surface area (Å²) >= 11 is 0. The van der Waals surface area contributed by atoms with Crippen LogP contribution in [0.4, 0.5) is 20.7 Å². The van der Waals surface area contributed by atoms with E-state index < -0.39 is 5.67 Å². The van der Waals surface area contributed by atoms with Crippen molar-refractivity contribution < 1.29 is 9.18 Å². The molecular formula is C25H33FN8O. The van der Waals surface area contributed by atoms with Crippen molar-refractivity contribution in [3.63, 3.8) is 0 Å². The molecule has 5 heterocycles. The summed E-state index contributed by atoms with van der Waals surface area (Å²) in [4.78, 5) is 21.8. The Labute approximate surface area is 204 Å². The first-order valence-electron chi connectivity index (χ1n) is 12.7. The van der Waals surface area contributed by atoms with Gasteiger partial charge in [-0.15, -0.1) is 0 Å². The highest BCUT2D eigenvalue weighted by molar-refractivity contribution is 5.96. The molecule has 1 saturated carbocycles. The van der Waals surface area contributed by atoms with Crippen LogP contribution in [0.3, 0.4) is 0 Å². The van der Waals surface area contributed by atoms with Crippen LogP contribution in [0.25, 0.3) is 22.3 Å². The van der Waals surface area contributed by atoms with E-state index in [-0.39, 0.29) is 11.6 Å². The van der Waals surface area contributed by atoms with Gasteiger partial charge in [-0.25, -0.2) is 9.18 Å². The van der Waals surface area contributed by atoms with Crippen molar-refractivity contribution in [1.82, 2.24) is 29.9 Å². The molecule has 2 saturated heterocycles. The number of hydrogen-bond donors (Lipinski definition) is 2. The number of urea groups is 1. The Morgan fingerprint density at radius 2 is 2.03 bits per heavy atom. The quantitative estimate of drug-likeness (QED) is 0.558. The zero-order chi connectivity index (χ0) is 24.4. The van der Waals surface area contributed by atoms with E-state index >= 15 is 0 Å². The van der Waals surface area contributed by atoms with Crippen molar-refractivity contribution in [3.05, 3.63) is 18.5 Å². The molecule has 0 radical (unpaired) electrons. The van der Waals surface area contributed by atoms with Crippen molar-refractivity contribution in [3.8, 4) is 11.4 Å². The van der Waals surface area contributed by atoms with Crippen molar-refractivity contribution in [2.75, 3.05) is 29.9 Å². The number of aromatic amines is 1. The third-order valence-electron chi connectivity index (χ3n) is 7.55. The maximum atomic E-state index is 14.2. The first-order valence-corrected chi connectivity index (χ1v) is 12.7. The molecule has 35 heavy (non-hydrogen) atoms. The SMILES string of the molecule is CC(C)Cn1nc(N2CC(C)(F)C2)c2cnc(-c3[nH]ncc3NC(=O)N3CCCCC34CC4)cc21. The van der Waals surface area contributed by atoms with Gasteiger partial charge in [0, 0.05) is 24.8 Å². The number of pyridine rings is 1. The van der Waals surface area contributed by atoms with E-state index in [1.54, 1.807) is 19.3 Å². The summed E-state index contributed by atoms with van der Waals surface area (Å²) in [7, 11) is 0. The Hall–Kier alpha value is -3.17. The van der Waals surface area contributed by atoms with Crippen LogP contribution in [0.1, 0.15) is 52.9 Å². The van der Waals surface area contributed by atoms with Crippen molar-refractivity contribution in [2.24, 2.45) is 5.92 Å². The summed E-state index contributed by atoms with van der Waals surface area (Å²) in [6.45, 7) is 8.12. The van der Waals surface area contributed by atoms with Gasteiger partial charge in [-0.2, -0.15) is 10.2 Å². The zero-order valence-electron chi connectivity index (χ0n) is 20.6. The second-order valence-electron chi connectivity index (χ2n) is 11.2. The van der Waals surface area contributed by atoms with Gasteiger partial charge >= 0.3 is 6.03 Å². The fourth-order valence-corrected chi connectivity index (χ4v) is 5.64. The average Bonchev–Trinajstić information content (AvgIpc) is 3.24. The number of likely N-dealkylation sites (tertiary alicyclic amines) is 1. The predicted octanol–water partition coefficient (Wildman–Crippen LogP) is 4.58. The van der Waals surface area contributed by atoms with E-state index in [4.69, 9.17) is 10.1 Å². The first kappa shape index (κ1) is 22.3. The number of carbonyl (C=O) groups is 1. The van der Waals surface area contributed by atoms with Crippen molar-refractivity contribution in [2.45, 2.75) is 70.6 Å². The number of halogens is 1. The molecule has 2 N–H and O–H groups in total. The minimum Gasteiger partial charge on any atom is -0.348 e. The molecule has 1 spiro atoms. The van der Waals surface area contributed by atoms with Crippen LogP contribution in [-0.4, -0.2) is 66.7 Å². The molecule has 9 nitrogen and oxygen atoms in total. The number of alkyl halides is 1. The average molecular weight is 481 g/mol. The van der Waals surface area contributed by atoms with Crippen LogP contribution in [0, 0.1) is 5.92 Å². The third-order valence-corrected chi connectivity index (χ3v) is 7.55. The lowest BCUT2D eigenvalue weighted by atomic mass is 9.99. The lowest BCUT2D eigenvalue weighted by molar-refractivity contribution is 0.144. The molecule has 6 rings (SSSR count). The highest BCUT2D eigenvalue weighted by Crippen LogP contribution is 2.48. The molecule has 3 aromatic rings. The third kappa shape index (κ3) is 3.92. The van der Waals surface area contributed by atoms with Gasteiger partial charge < -0.3 is 15.1 Å². The molecule has 0 unspecified atom stereocenters. The van der Waals surface area contributed by atoms with E-state index in [2.05, 4.69) is 29.4 Å². The number of amides is 2. The molecule has 3 fully saturated rings. The van der Waals surface area contributed by atoms with Crippen molar-refractivity contribution >= 4 is 28.4 Å². The van der Waals surface area contributed by atoms with Gasteiger partial charge in [0.2, 0.25) is 0 Å². The van der Waals surface area contributed by atoms with Crippen LogP contribution >= 0.6 is 0 Å². The summed E-state index contributed by atoms with van der Waals surface area (Å²) in [5.74, 6) is 1.17. The smallest absolute Gasteiger partial charge is 0.322 e. The highest BCUT2D eigenvalue weighted by Gasteiger charge is 2.51. The minimum absolute atomic E-state index is 0.0647. The standard InChI is InChI=1S/C25H33FN8O/c1-16(2)13-34-20-10-18(27-11-17(20)22(31-34)32-14-24(3,26)15-32)21-19(12-28-30-21)29-23(35)33-9-5-4-6-25(33)7-8-25/h10-12,16H,4-9,13-15H2,1-3H3,(H,28,30)(H,29,35). The highest BCUT2D eigenvalue weighted by atomic mass is 19.1. The van der Waals surface area contributed by atoms with E-state index in [1.807, 2.05) is 20.5 Å². The summed E-state index contributed by atoms with van der Waals surface area (Å²) in [5, 5.41) is 16.0. The Morgan fingerprint density at radius 3 is 2.74 bits per heavy atom. The lowest BCUT2D eigenvalue weighted by Gasteiger charge is -2.42. The van der Waals surface area contributed by atoms with Gasteiger partial charge in [0.15, 0.2) is 5.82 Å². The number of piperidine rings is 1. The molecule has 1 aliphatic carbocycles. The molecule has 3 aromatic heterocycles. The van der Waals surface area contributed by atoms with E-state index in [0.717, 1.165) is 55.5 Å². The molecule has 3 aliphatic rings. The topological polar surface area (TPSA) is 95.0 Å². The number of H-pyrrole nitrogens is 1. The molecule has 2 aliphatic heterocycles. The van der Waals surface area contributed by atoms with Gasteiger partial charge in [-0.3, -0.25) is 14.8 Å². The molecular weight excluding hydrogens is 447 g/mol. The number of fused-ring (bicyclic) bond motifs is 1. The normalized spacial score (nSPS) is 20.5. The fourth-order valence-electron chi connectivity index (χ4n) is 5.64. The second kappa shape index (κ2) is 7.93. The maximum absolute atomic E-state index is 14.2. The van der Waals surface area contributed by atoms with Crippen LogP contribution in [0.5, 0.6) is 0 Å². The van der Waals surface area contributed by atoms with Crippen LogP contribution in [0.15, 0.2) is 18.5 Å². The molecule has 186 valence electrons. The first-order chi connectivity index (χ1) is 16.7. The Kier molecular flexibility index (Phi) is 5.05. The molecule has 0 atom stereocenters. The van der Waals surface area contributed by atoms with Crippen molar-refractivity contribution in [1.29, 1.82) is 0 Å². The second-order valence-corrected chi connectivity index (χ2v) is 11.2. The lowest BCUT2D eigenvalue weighted by Crippen LogP contribution is -2.57. The summed E-state index contributed by atoms with van der Waals surface area (Å²) < 4.78 is 16.2. The zero-order valence-corrected chi connectivity index (χ0v) is 20.6. The maximum Gasteiger partial charge on any atom is 0.322 e. The molecule has 10 heteroatoms. The minimum atomic E-state index is -1.18. The number of rotatable bonds is 5. The van der Waals surface area contributed by atoms with Crippen LogP contribution in [-0.2, 0) is 6.54 Å². The summed E-state index contributed by atoms with van der Waals surface area (Å²) in [5.41, 5.74) is 1.79. The Morgan fingerprint density at radius 1 is 1.23 bits per heavy atom. The van der Waals surface area contributed by atoms with E-state index in [0.29, 0.717) is 36.1 Å². The van der Waals surface area contributed by atoms with E-state index in [1.165, 1.54) is 6.42 Å². The van der Waals surface area contributed by atoms with Crippen LogP contribution in [0.2, 0.25) is 0 Å². The molecule has 0 bridgehead atoms. The van der Waals surface area contributed by atoms with E-state index in [9.17, 15) is 9.18 Å². The summed E-state index contributed by atoms with van der Waals surface area (Å²) in [6, 6.07) is 1.92. The van der Waals surface area contributed by atoms with Gasteiger partial charge in [-0.05, 0) is 51.0 Å². The number of aromatic nitrogens is 5. The number of nitrogens with one attached hydrogen (secondary N) is 2. The Bertz CT molecular complexity index is 1270. The predicted molar refractivity (Wildman–Crippen MR) is 133 cm³/mol. The fraction of sp³-hybridized carbons (Fsp3) is 0.600. The number of anilines is 2. The monoisotopic (exact) mass is 480 g/mol. The molecule has 0 aromatic carbocycles. The van der Waals surface area contributed by atoms with Gasteiger partial charge in [-0.1, -0.05) is 13.8 Å². The number of nitrogens with zero attached hydrogens (tertiary/aromatic N) is 6. The Balaban J connectivity index is 1.31.